The van der Waals surface area contributed by atoms with Crippen LogP contribution in [0.2, 0.25) is 0 Å². The second kappa shape index (κ2) is 8.19. The zero-order valence-corrected chi connectivity index (χ0v) is 21.6. The van der Waals surface area contributed by atoms with Crippen molar-refractivity contribution in [2.45, 2.75) is 109 Å². The number of Topliss-reactive ketones (excluding diaryl/α,β-unsaturated/α-hetero) is 2. The van der Waals surface area contributed by atoms with Crippen molar-refractivity contribution < 1.29 is 33.6 Å². The molecule has 1 N–H and O–H groups in total. The van der Waals surface area contributed by atoms with Crippen molar-refractivity contribution in [2.75, 3.05) is 7.11 Å². The largest absolute Gasteiger partial charge is 0.388 e. The number of aliphatic hydroxyl groups is 1. The summed E-state index contributed by atoms with van der Waals surface area (Å²) in [6.45, 7) is 8.27. The Morgan fingerprint density at radius 1 is 1.09 bits per heavy atom. The van der Waals surface area contributed by atoms with Crippen LogP contribution in [0.25, 0.3) is 0 Å². The number of rotatable bonds is 3. The Bertz CT molecular complexity index is 946. The number of ether oxygens (including phenoxy) is 4. The molecule has 0 spiro atoms. The number of hydrogen-bond acceptors (Lipinski definition) is 7. The molecule has 35 heavy (non-hydrogen) atoms. The zero-order valence-electron chi connectivity index (χ0n) is 21.6. The maximum atomic E-state index is 14.1. The van der Waals surface area contributed by atoms with E-state index in [9.17, 15) is 14.7 Å². The predicted octanol–water partition coefficient (Wildman–Crippen LogP) is 3.22. The van der Waals surface area contributed by atoms with Gasteiger partial charge in [0.15, 0.2) is 12.1 Å². The molecule has 0 amide bonds. The molecule has 2 saturated heterocycles. The summed E-state index contributed by atoms with van der Waals surface area (Å²) in [4.78, 5) is 27.4. The third kappa shape index (κ3) is 3.27. The Morgan fingerprint density at radius 3 is 2.60 bits per heavy atom. The van der Waals surface area contributed by atoms with Gasteiger partial charge in [-0.2, -0.15) is 0 Å². The van der Waals surface area contributed by atoms with Gasteiger partial charge in [-0.25, -0.2) is 0 Å². The Balaban J connectivity index is 1.23. The highest BCUT2D eigenvalue weighted by molar-refractivity contribution is 5.96. The minimum atomic E-state index is -0.658. The number of carbonyl (C=O) groups excluding carboxylic acids is 2. The smallest absolute Gasteiger partial charge is 0.166 e. The first-order valence-electron chi connectivity index (χ1n) is 13.5. The van der Waals surface area contributed by atoms with E-state index in [1.54, 1.807) is 7.11 Å². The molecule has 0 aromatic carbocycles. The van der Waals surface area contributed by atoms with Crippen LogP contribution in [0.4, 0.5) is 0 Å². The van der Waals surface area contributed by atoms with E-state index in [0.29, 0.717) is 18.6 Å². The fraction of sp³-hybridized carbons (Fsp3) is 0.857. The highest BCUT2D eigenvalue weighted by atomic mass is 16.7. The van der Waals surface area contributed by atoms with Gasteiger partial charge in [-0.05, 0) is 50.9 Å². The standard InChI is InChI=1S/C28H40O7/c1-13-18-11-19(29)22-17-7-6-15-10-16(35-21-12-20(32-5)24(30)14(2)33-21)8-9-27(15,3)23(17)25(31)26(34-13)28(18,22)4/h6,13-14,16-18,20-24,26,30H,7-12H2,1-5H3/t13-,14?,16+,17?,18?,20+,21+,22+,23?,24+,26+,27?,28?/m1/s1. The Labute approximate surface area is 207 Å². The summed E-state index contributed by atoms with van der Waals surface area (Å²) in [6, 6.07) is 0. The fourth-order valence-electron chi connectivity index (χ4n) is 9.14. The van der Waals surface area contributed by atoms with Crippen LogP contribution < -0.4 is 0 Å². The summed E-state index contributed by atoms with van der Waals surface area (Å²) in [6.07, 6.45) is 4.37. The second-order valence-electron chi connectivity index (χ2n) is 12.5. The van der Waals surface area contributed by atoms with Crippen molar-refractivity contribution in [3.63, 3.8) is 0 Å². The fourth-order valence-corrected chi connectivity index (χ4v) is 9.14. The van der Waals surface area contributed by atoms with Gasteiger partial charge in [0.05, 0.1) is 24.4 Å². The average molecular weight is 489 g/mol. The van der Waals surface area contributed by atoms with Crippen LogP contribution in [0.3, 0.4) is 0 Å². The molecule has 6 aliphatic rings. The molecule has 5 fully saturated rings. The molecule has 0 radical (unpaired) electrons. The minimum Gasteiger partial charge on any atom is -0.388 e. The minimum absolute atomic E-state index is 0.0000260. The van der Waals surface area contributed by atoms with Crippen LogP contribution in [-0.4, -0.2) is 66.7 Å². The molecule has 7 heteroatoms. The molecule has 7 nitrogen and oxygen atoms in total. The highest BCUT2D eigenvalue weighted by Crippen LogP contribution is 2.67. The van der Waals surface area contributed by atoms with Crippen LogP contribution in [0, 0.1) is 34.5 Å². The van der Waals surface area contributed by atoms with Crippen LogP contribution >= 0.6 is 0 Å². The predicted molar refractivity (Wildman–Crippen MR) is 126 cm³/mol. The molecule has 194 valence electrons. The van der Waals surface area contributed by atoms with Gasteiger partial charge in [0.2, 0.25) is 0 Å². The average Bonchev–Trinajstić information content (AvgIpc) is 3.23. The van der Waals surface area contributed by atoms with E-state index in [1.807, 2.05) is 13.8 Å². The lowest BCUT2D eigenvalue weighted by Crippen LogP contribution is -2.61. The van der Waals surface area contributed by atoms with E-state index in [4.69, 9.17) is 18.9 Å². The first kappa shape index (κ1) is 24.2. The van der Waals surface area contributed by atoms with Gasteiger partial charge in [-0.1, -0.05) is 25.5 Å². The Kier molecular flexibility index (Phi) is 5.67. The molecule has 3 saturated carbocycles. The van der Waals surface area contributed by atoms with Crippen molar-refractivity contribution in [3.05, 3.63) is 11.6 Å². The first-order valence-corrected chi connectivity index (χ1v) is 13.5. The van der Waals surface area contributed by atoms with Gasteiger partial charge in [0.25, 0.3) is 0 Å². The summed E-state index contributed by atoms with van der Waals surface area (Å²) in [5.74, 6) is 0.557. The van der Waals surface area contributed by atoms with Crippen molar-refractivity contribution in [1.82, 2.24) is 0 Å². The lowest BCUT2D eigenvalue weighted by atomic mass is 9.46. The summed E-state index contributed by atoms with van der Waals surface area (Å²) in [7, 11) is 1.61. The van der Waals surface area contributed by atoms with Crippen LogP contribution in [0.5, 0.6) is 0 Å². The molecule has 0 aromatic rings. The number of ketones is 2. The van der Waals surface area contributed by atoms with Crippen molar-refractivity contribution in [3.8, 4) is 0 Å². The molecule has 0 aromatic heterocycles. The molecule has 6 rings (SSSR count). The zero-order chi connectivity index (χ0) is 24.9. The van der Waals surface area contributed by atoms with Gasteiger partial charge in [-0.3, -0.25) is 9.59 Å². The third-order valence-electron chi connectivity index (χ3n) is 10.9. The van der Waals surface area contributed by atoms with E-state index in [-0.39, 0.29) is 64.7 Å². The Hall–Kier alpha value is -1.12. The van der Waals surface area contributed by atoms with Gasteiger partial charge < -0.3 is 24.1 Å². The molecular formula is C28H40O7. The lowest BCUT2D eigenvalue weighted by molar-refractivity contribution is -0.265. The summed E-state index contributed by atoms with van der Waals surface area (Å²) < 4.78 is 24.1. The van der Waals surface area contributed by atoms with E-state index < -0.39 is 18.5 Å². The second-order valence-corrected chi connectivity index (χ2v) is 12.5. The number of carbonyl (C=O) groups is 2. The van der Waals surface area contributed by atoms with Crippen molar-refractivity contribution >= 4 is 11.6 Å². The SMILES string of the molecule is CO[C@H]1C[C@H](O[C@H]2CCC3(C)C(=CCC4C3C(=O)[C@@H]3O[C@H](C)C5CC(=O)[C@H]4C53C)C2)OC(C)[C@@H]1O. The van der Waals surface area contributed by atoms with E-state index in [0.717, 1.165) is 25.7 Å². The number of aliphatic hydroxyl groups excluding tert-OH is 1. The monoisotopic (exact) mass is 488 g/mol. The van der Waals surface area contributed by atoms with Gasteiger partial charge in [0, 0.05) is 43.1 Å². The number of hydrogen-bond donors (Lipinski definition) is 1. The van der Waals surface area contributed by atoms with Crippen molar-refractivity contribution in [2.24, 2.45) is 34.5 Å². The maximum absolute atomic E-state index is 14.1. The number of methoxy groups -OCH3 is 1. The van der Waals surface area contributed by atoms with Gasteiger partial charge >= 0.3 is 0 Å². The summed E-state index contributed by atoms with van der Waals surface area (Å²) >= 11 is 0. The van der Waals surface area contributed by atoms with E-state index in [1.165, 1.54) is 5.57 Å². The normalized spacial score (nSPS) is 55.3. The molecule has 6 unspecified atom stereocenters. The van der Waals surface area contributed by atoms with Crippen molar-refractivity contribution in [1.29, 1.82) is 0 Å². The highest BCUT2D eigenvalue weighted by Gasteiger charge is 2.72. The van der Waals surface area contributed by atoms with E-state index in [2.05, 4.69) is 19.9 Å². The van der Waals surface area contributed by atoms with Crippen LogP contribution in [0.15, 0.2) is 11.6 Å². The third-order valence-corrected chi connectivity index (χ3v) is 10.9. The number of allylic oxidation sites excluding steroid dienone is 1. The first-order chi connectivity index (χ1) is 16.6. The molecule has 2 aliphatic heterocycles. The maximum Gasteiger partial charge on any atom is 0.166 e. The topological polar surface area (TPSA) is 91.3 Å². The quantitative estimate of drug-likeness (QED) is 0.610. The van der Waals surface area contributed by atoms with Gasteiger partial charge in [-0.15, -0.1) is 0 Å². The Morgan fingerprint density at radius 2 is 1.86 bits per heavy atom. The van der Waals surface area contributed by atoms with Crippen LogP contribution in [-0.2, 0) is 28.5 Å². The molecular weight excluding hydrogens is 448 g/mol. The number of fused-ring (bicyclic) bond motifs is 4. The van der Waals surface area contributed by atoms with E-state index >= 15 is 0 Å². The van der Waals surface area contributed by atoms with Crippen LogP contribution in [0.1, 0.15) is 66.2 Å². The molecule has 0 bridgehead atoms. The molecule has 13 atom stereocenters. The lowest BCUT2D eigenvalue weighted by Gasteiger charge is -2.57. The summed E-state index contributed by atoms with van der Waals surface area (Å²) in [5, 5.41) is 10.3. The molecule has 4 aliphatic carbocycles. The summed E-state index contributed by atoms with van der Waals surface area (Å²) in [5.41, 5.74) is 0.668. The van der Waals surface area contributed by atoms with Gasteiger partial charge in [0.1, 0.15) is 18.0 Å². The molecule has 2 heterocycles.